The number of methoxy groups -OCH3 is 1. The quantitative estimate of drug-likeness (QED) is 0.528. The van der Waals surface area contributed by atoms with E-state index in [1.807, 2.05) is 7.05 Å². The molecule has 1 saturated heterocycles. The summed E-state index contributed by atoms with van der Waals surface area (Å²) in [6.07, 6.45) is 11.9. The fourth-order valence-electron chi connectivity index (χ4n) is 4.86. The number of rotatable bonds is 7. The summed E-state index contributed by atoms with van der Waals surface area (Å²) in [5.41, 5.74) is 0.367. The highest BCUT2D eigenvalue weighted by molar-refractivity contribution is 5.81. The largest absolute Gasteiger partial charge is 0.385 e. The van der Waals surface area contributed by atoms with Gasteiger partial charge >= 0.3 is 0 Å². The predicted molar refractivity (Wildman–Crippen MR) is 109 cm³/mol. The lowest BCUT2D eigenvalue weighted by molar-refractivity contribution is -0.135. The summed E-state index contributed by atoms with van der Waals surface area (Å²) in [7, 11) is 3.61. The first kappa shape index (κ1) is 20.4. The number of guanidine groups is 1. The fraction of sp³-hybridized carbons (Fsp3) is 0.905. The topological polar surface area (TPSA) is 66.0 Å². The van der Waals surface area contributed by atoms with Gasteiger partial charge in [0.15, 0.2) is 5.96 Å². The highest BCUT2D eigenvalue weighted by atomic mass is 16.5. The van der Waals surface area contributed by atoms with Gasteiger partial charge in [-0.15, -0.1) is 0 Å². The van der Waals surface area contributed by atoms with Gasteiger partial charge in [-0.25, -0.2) is 0 Å². The van der Waals surface area contributed by atoms with Gasteiger partial charge in [0.1, 0.15) is 0 Å². The van der Waals surface area contributed by atoms with Crippen LogP contribution in [0.5, 0.6) is 0 Å². The molecular weight excluding hydrogens is 340 g/mol. The average Bonchev–Trinajstić information content (AvgIpc) is 3.14. The molecule has 2 saturated carbocycles. The molecule has 3 rings (SSSR count). The van der Waals surface area contributed by atoms with E-state index in [0.29, 0.717) is 17.4 Å². The maximum absolute atomic E-state index is 12.7. The SMILES string of the molecule is CN=C(NCC1(CCOC)CCC1)NC1CCN(C(=O)C2CCCCC2)C1. The zero-order valence-electron chi connectivity index (χ0n) is 17.3. The first-order valence-corrected chi connectivity index (χ1v) is 10.9. The molecule has 1 atom stereocenters. The Morgan fingerprint density at radius 2 is 1.96 bits per heavy atom. The number of likely N-dealkylation sites (tertiary alicyclic amines) is 1. The van der Waals surface area contributed by atoms with Crippen molar-refractivity contribution in [1.82, 2.24) is 15.5 Å². The summed E-state index contributed by atoms with van der Waals surface area (Å²) in [6.45, 7) is 3.47. The van der Waals surface area contributed by atoms with Gasteiger partial charge in [0.05, 0.1) is 0 Å². The minimum absolute atomic E-state index is 0.272. The van der Waals surface area contributed by atoms with Gasteiger partial charge < -0.3 is 20.3 Å². The van der Waals surface area contributed by atoms with Gasteiger partial charge in [-0.2, -0.15) is 0 Å². The molecule has 6 nitrogen and oxygen atoms in total. The fourth-order valence-corrected chi connectivity index (χ4v) is 4.86. The molecule has 6 heteroatoms. The van der Waals surface area contributed by atoms with E-state index in [1.165, 1.54) is 38.5 Å². The number of carbonyl (C=O) groups is 1. The van der Waals surface area contributed by atoms with Crippen LogP contribution < -0.4 is 10.6 Å². The number of hydrogen-bond donors (Lipinski definition) is 2. The first-order valence-electron chi connectivity index (χ1n) is 10.9. The van der Waals surface area contributed by atoms with Gasteiger partial charge in [0.2, 0.25) is 5.91 Å². The monoisotopic (exact) mass is 378 g/mol. The van der Waals surface area contributed by atoms with Crippen LogP contribution in [0.1, 0.15) is 64.2 Å². The van der Waals surface area contributed by atoms with Gasteiger partial charge in [-0.3, -0.25) is 9.79 Å². The molecule has 3 aliphatic rings. The molecule has 1 aliphatic heterocycles. The molecule has 154 valence electrons. The molecule has 3 fully saturated rings. The van der Waals surface area contributed by atoms with Gasteiger partial charge in [0.25, 0.3) is 0 Å². The van der Waals surface area contributed by atoms with Gasteiger partial charge in [0, 0.05) is 52.4 Å². The molecule has 2 aliphatic carbocycles. The highest BCUT2D eigenvalue weighted by Gasteiger charge is 2.37. The number of amides is 1. The van der Waals surface area contributed by atoms with Crippen molar-refractivity contribution in [2.75, 3.05) is 40.4 Å². The summed E-state index contributed by atoms with van der Waals surface area (Å²) in [4.78, 5) is 19.2. The Bertz CT molecular complexity index is 512. The molecule has 0 aromatic carbocycles. The van der Waals surface area contributed by atoms with E-state index in [0.717, 1.165) is 57.9 Å². The summed E-state index contributed by atoms with van der Waals surface area (Å²) in [5.74, 6) is 1.53. The first-order chi connectivity index (χ1) is 13.2. The lowest BCUT2D eigenvalue weighted by Gasteiger charge is -2.42. The summed E-state index contributed by atoms with van der Waals surface area (Å²) in [6, 6.07) is 0.306. The van der Waals surface area contributed by atoms with Crippen molar-refractivity contribution in [3.05, 3.63) is 0 Å². The van der Waals surface area contributed by atoms with Crippen LogP contribution in [0.2, 0.25) is 0 Å². The molecule has 0 aromatic rings. The minimum Gasteiger partial charge on any atom is -0.385 e. The van der Waals surface area contributed by atoms with Crippen LogP contribution in [0.4, 0.5) is 0 Å². The lowest BCUT2D eigenvalue weighted by atomic mass is 9.67. The Morgan fingerprint density at radius 1 is 1.19 bits per heavy atom. The van der Waals surface area contributed by atoms with E-state index in [4.69, 9.17) is 4.74 Å². The molecule has 0 radical (unpaired) electrons. The average molecular weight is 379 g/mol. The van der Waals surface area contributed by atoms with Crippen LogP contribution in [-0.4, -0.2) is 63.2 Å². The Hall–Kier alpha value is -1.30. The zero-order valence-corrected chi connectivity index (χ0v) is 17.3. The predicted octanol–water partition coefficient (Wildman–Crippen LogP) is 2.54. The number of carbonyl (C=O) groups excluding carboxylic acids is 1. The Balaban J connectivity index is 1.43. The molecule has 1 unspecified atom stereocenters. The van der Waals surface area contributed by atoms with Crippen molar-refractivity contribution in [2.24, 2.45) is 16.3 Å². The van der Waals surface area contributed by atoms with E-state index in [1.54, 1.807) is 7.11 Å². The Morgan fingerprint density at radius 3 is 2.59 bits per heavy atom. The zero-order chi connectivity index (χ0) is 19.1. The highest BCUT2D eigenvalue weighted by Crippen LogP contribution is 2.43. The van der Waals surface area contributed by atoms with Crippen LogP contribution in [0.15, 0.2) is 4.99 Å². The molecule has 27 heavy (non-hydrogen) atoms. The maximum Gasteiger partial charge on any atom is 0.225 e. The molecule has 0 bridgehead atoms. The second-order valence-electron chi connectivity index (χ2n) is 8.77. The van der Waals surface area contributed by atoms with Crippen molar-refractivity contribution < 1.29 is 9.53 Å². The normalized spacial score (nSPS) is 25.9. The maximum atomic E-state index is 12.7. The van der Waals surface area contributed by atoms with Crippen LogP contribution in [-0.2, 0) is 9.53 Å². The second-order valence-corrected chi connectivity index (χ2v) is 8.77. The van der Waals surface area contributed by atoms with Crippen LogP contribution in [0.25, 0.3) is 0 Å². The molecule has 2 N–H and O–H groups in total. The minimum atomic E-state index is 0.272. The second kappa shape index (κ2) is 9.76. The van der Waals surface area contributed by atoms with Crippen molar-refractivity contribution in [3.63, 3.8) is 0 Å². The molecular formula is C21H38N4O2. The lowest BCUT2D eigenvalue weighted by Crippen LogP contribution is -2.50. The number of ether oxygens (including phenoxy) is 1. The Labute approximate surface area is 164 Å². The van der Waals surface area contributed by atoms with Crippen LogP contribution in [0.3, 0.4) is 0 Å². The van der Waals surface area contributed by atoms with Crippen LogP contribution in [0, 0.1) is 11.3 Å². The van der Waals surface area contributed by atoms with Crippen molar-refractivity contribution in [2.45, 2.75) is 70.3 Å². The summed E-state index contributed by atoms with van der Waals surface area (Å²) in [5, 5.41) is 7.08. The van der Waals surface area contributed by atoms with E-state index in [9.17, 15) is 4.79 Å². The standard InChI is InChI=1S/C21H38N4O2/c1-22-20(23-16-21(10-6-11-21)12-14-27-2)24-18-9-13-25(15-18)19(26)17-7-4-3-5-8-17/h17-18H,3-16H2,1-2H3,(H2,22,23,24). The molecule has 0 aromatic heterocycles. The van der Waals surface area contributed by atoms with E-state index in [2.05, 4.69) is 20.5 Å². The van der Waals surface area contributed by atoms with Gasteiger partial charge in [-0.05, 0) is 43.9 Å². The van der Waals surface area contributed by atoms with Crippen molar-refractivity contribution in [3.8, 4) is 0 Å². The van der Waals surface area contributed by atoms with Crippen molar-refractivity contribution >= 4 is 11.9 Å². The number of nitrogens with one attached hydrogen (secondary N) is 2. The Kier molecular flexibility index (Phi) is 7.39. The van der Waals surface area contributed by atoms with Gasteiger partial charge in [-0.1, -0.05) is 25.7 Å². The van der Waals surface area contributed by atoms with E-state index in [-0.39, 0.29) is 5.92 Å². The molecule has 1 amide bonds. The summed E-state index contributed by atoms with van der Waals surface area (Å²) < 4.78 is 5.29. The number of hydrogen-bond acceptors (Lipinski definition) is 3. The third kappa shape index (κ3) is 5.37. The third-order valence-electron chi connectivity index (χ3n) is 6.90. The third-order valence-corrected chi connectivity index (χ3v) is 6.90. The smallest absolute Gasteiger partial charge is 0.225 e. The molecule has 1 heterocycles. The van der Waals surface area contributed by atoms with Crippen molar-refractivity contribution in [1.29, 1.82) is 0 Å². The number of aliphatic imine (C=N–C) groups is 1. The van der Waals surface area contributed by atoms with E-state index >= 15 is 0 Å². The molecule has 0 spiro atoms. The summed E-state index contributed by atoms with van der Waals surface area (Å²) >= 11 is 0. The number of nitrogens with zero attached hydrogens (tertiary/aromatic N) is 2. The van der Waals surface area contributed by atoms with E-state index < -0.39 is 0 Å². The van der Waals surface area contributed by atoms with Crippen LogP contribution >= 0.6 is 0 Å².